The topological polar surface area (TPSA) is 41.9 Å². The predicted octanol–water partition coefficient (Wildman–Crippen LogP) is 1.87. The van der Waals surface area contributed by atoms with E-state index in [1.807, 2.05) is 6.07 Å². The number of hydrogen-bond acceptors (Lipinski definition) is 4. The van der Waals surface area contributed by atoms with Crippen molar-refractivity contribution in [2.24, 2.45) is 0 Å². The van der Waals surface area contributed by atoms with Crippen LogP contribution < -0.4 is 4.74 Å². The van der Waals surface area contributed by atoms with E-state index in [1.54, 1.807) is 26.4 Å². The zero-order valence-corrected chi connectivity index (χ0v) is 10.8. The van der Waals surface area contributed by atoms with Crippen LogP contribution in [0.25, 0.3) is 0 Å². The van der Waals surface area contributed by atoms with Crippen molar-refractivity contribution in [2.75, 3.05) is 33.9 Å². The summed E-state index contributed by atoms with van der Waals surface area (Å²) < 4.78 is 10.1. The van der Waals surface area contributed by atoms with Gasteiger partial charge in [0.25, 0.3) is 0 Å². The summed E-state index contributed by atoms with van der Waals surface area (Å²) in [5, 5.41) is 9.68. The van der Waals surface area contributed by atoms with Gasteiger partial charge in [-0.3, -0.25) is 4.90 Å². The van der Waals surface area contributed by atoms with Gasteiger partial charge in [0.1, 0.15) is 0 Å². The molecule has 1 N–H and O–H groups in total. The molecule has 0 aliphatic heterocycles. The molecule has 0 spiro atoms. The van der Waals surface area contributed by atoms with E-state index >= 15 is 0 Å². The van der Waals surface area contributed by atoms with Gasteiger partial charge in [0, 0.05) is 20.2 Å². The minimum absolute atomic E-state index is 0.188. The molecule has 0 fully saturated rings. The second-order valence-electron chi connectivity index (χ2n) is 3.87. The lowest BCUT2D eigenvalue weighted by Gasteiger charge is -2.20. The Bertz CT molecular complexity index is 341. The molecule has 0 bridgehead atoms. The van der Waals surface area contributed by atoms with Crippen molar-refractivity contribution in [3.05, 3.63) is 23.8 Å². The molecule has 0 saturated heterocycles. The molecule has 4 nitrogen and oxygen atoms in total. The van der Waals surface area contributed by atoms with Gasteiger partial charge in [0.2, 0.25) is 0 Å². The summed E-state index contributed by atoms with van der Waals surface area (Å²) in [4.78, 5) is 2.25. The molecular weight excluding hydrogens is 218 g/mol. The first-order chi connectivity index (χ1) is 8.21. The monoisotopic (exact) mass is 239 g/mol. The van der Waals surface area contributed by atoms with Gasteiger partial charge in [-0.1, -0.05) is 13.0 Å². The van der Waals surface area contributed by atoms with Crippen LogP contribution in [0.3, 0.4) is 0 Å². The SMILES string of the molecule is CCN(CCOC)Cc1ccc(OC)c(O)c1. The zero-order chi connectivity index (χ0) is 12.7. The van der Waals surface area contributed by atoms with Crippen LogP contribution in [-0.4, -0.2) is 43.9 Å². The number of methoxy groups -OCH3 is 2. The minimum atomic E-state index is 0.188. The molecule has 17 heavy (non-hydrogen) atoms. The molecule has 0 aliphatic carbocycles. The van der Waals surface area contributed by atoms with Gasteiger partial charge in [-0.15, -0.1) is 0 Å². The maximum absolute atomic E-state index is 9.68. The van der Waals surface area contributed by atoms with E-state index in [1.165, 1.54) is 0 Å². The van der Waals surface area contributed by atoms with Gasteiger partial charge in [0.05, 0.1) is 13.7 Å². The molecule has 0 aromatic heterocycles. The quantitative estimate of drug-likeness (QED) is 0.788. The average molecular weight is 239 g/mol. The summed E-state index contributed by atoms with van der Waals surface area (Å²) >= 11 is 0. The van der Waals surface area contributed by atoms with Crippen molar-refractivity contribution in [2.45, 2.75) is 13.5 Å². The minimum Gasteiger partial charge on any atom is -0.504 e. The van der Waals surface area contributed by atoms with E-state index in [2.05, 4.69) is 11.8 Å². The fourth-order valence-electron chi connectivity index (χ4n) is 1.66. The Balaban J connectivity index is 2.63. The van der Waals surface area contributed by atoms with E-state index in [0.717, 1.165) is 31.8 Å². The molecule has 96 valence electrons. The van der Waals surface area contributed by atoms with E-state index in [-0.39, 0.29) is 5.75 Å². The highest BCUT2D eigenvalue weighted by Crippen LogP contribution is 2.26. The van der Waals surface area contributed by atoms with Crippen molar-refractivity contribution in [3.8, 4) is 11.5 Å². The number of rotatable bonds is 7. The Morgan fingerprint density at radius 2 is 2.06 bits per heavy atom. The number of ether oxygens (including phenoxy) is 2. The zero-order valence-electron chi connectivity index (χ0n) is 10.8. The van der Waals surface area contributed by atoms with Gasteiger partial charge in [0.15, 0.2) is 11.5 Å². The smallest absolute Gasteiger partial charge is 0.160 e. The van der Waals surface area contributed by atoms with Gasteiger partial charge in [-0.05, 0) is 24.2 Å². The summed E-state index contributed by atoms with van der Waals surface area (Å²) in [6.45, 7) is 5.47. The highest BCUT2D eigenvalue weighted by molar-refractivity contribution is 5.41. The number of benzene rings is 1. The number of nitrogens with zero attached hydrogens (tertiary/aromatic N) is 1. The van der Waals surface area contributed by atoms with Crippen LogP contribution in [0.2, 0.25) is 0 Å². The molecule has 0 saturated carbocycles. The third-order valence-electron chi connectivity index (χ3n) is 2.71. The Kier molecular flexibility index (Phi) is 5.80. The van der Waals surface area contributed by atoms with Crippen LogP contribution in [0.5, 0.6) is 11.5 Å². The van der Waals surface area contributed by atoms with Crippen molar-refractivity contribution in [3.63, 3.8) is 0 Å². The number of phenols is 1. The molecule has 0 heterocycles. The van der Waals surface area contributed by atoms with Crippen molar-refractivity contribution in [1.82, 2.24) is 4.90 Å². The van der Waals surface area contributed by atoms with Gasteiger partial charge >= 0.3 is 0 Å². The van der Waals surface area contributed by atoms with E-state index in [0.29, 0.717) is 5.75 Å². The van der Waals surface area contributed by atoms with Crippen LogP contribution in [0, 0.1) is 0 Å². The molecule has 0 amide bonds. The van der Waals surface area contributed by atoms with Crippen LogP contribution in [0.4, 0.5) is 0 Å². The van der Waals surface area contributed by atoms with Gasteiger partial charge in [-0.25, -0.2) is 0 Å². The van der Waals surface area contributed by atoms with Crippen molar-refractivity contribution in [1.29, 1.82) is 0 Å². The second-order valence-corrected chi connectivity index (χ2v) is 3.87. The standard InChI is InChI=1S/C13H21NO3/c1-4-14(7-8-16-2)10-11-5-6-13(17-3)12(15)9-11/h5-6,9,15H,4,7-8,10H2,1-3H3. The van der Waals surface area contributed by atoms with Crippen molar-refractivity contribution >= 4 is 0 Å². The molecule has 4 heteroatoms. The maximum atomic E-state index is 9.68. The molecular formula is C13H21NO3. The lowest BCUT2D eigenvalue weighted by Crippen LogP contribution is -2.26. The van der Waals surface area contributed by atoms with Crippen molar-refractivity contribution < 1.29 is 14.6 Å². The van der Waals surface area contributed by atoms with E-state index < -0.39 is 0 Å². The van der Waals surface area contributed by atoms with Gasteiger partial charge in [-0.2, -0.15) is 0 Å². The van der Waals surface area contributed by atoms with Crippen LogP contribution in [0.1, 0.15) is 12.5 Å². The highest BCUT2D eigenvalue weighted by atomic mass is 16.5. The Labute approximate surface area is 103 Å². The third kappa shape index (κ3) is 4.24. The summed E-state index contributed by atoms with van der Waals surface area (Å²) in [7, 11) is 3.25. The Hall–Kier alpha value is -1.26. The molecule has 0 radical (unpaired) electrons. The first-order valence-electron chi connectivity index (χ1n) is 5.78. The normalized spacial score (nSPS) is 10.8. The largest absolute Gasteiger partial charge is 0.504 e. The van der Waals surface area contributed by atoms with Crippen LogP contribution in [0.15, 0.2) is 18.2 Å². The maximum Gasteiger partial charge on any atom is 0.160 e. The van der Waals surface area contributed by atoms with Crippen LogP contribution in [-0.2, 0) is 11.3 Å². The lowest BCUT2D eigenvalue weighted by atomic mass is 10.2. The summed E-state index contributed by atoms with van der Waals surface area (Å²) in [6, 6.07) is 5.50. The van der Waals surface area contributed by atoms with E-state index in [9.17, 15) is 5.11 Å². The number of aromatic hydroxyl groups is 1. The lowest BCUT2D eigenvalue weighted by molar-refractivity contribution is 0.147. The number of hydrogen-bond donors (Lipinski definition) is 1. The molecule has 0 unspecified atom stereocenters. The number of likely N-dealkylation sites (N-methyl/N-ethyl adjacent to an activating group) is 1. The third-order valence-corrected chi connectivity index (χ3v) is 2.71. The first kappa shape index (κ1) is 13.8. The fourth-order valence-corrected chi connectivity index (χ4v) is 1.66. The molecule has 1 aromatic carbocycles. The Morgan fingerprint density at radius 1 is 1.29 bits per heavy atom. The molecule has 1 aromatic rings. The fraction of sp³-hybridized carbons (Fsp3) is 0.538. The number of phenolic OH excluding ortho intramolecular Hbond substituents is 1. The Morgan fingerprint density at radius 3 is 2.59 bits per heavy atom. The summed E-state index contributed by atoms with van der Waals surface area (Å²) in [5.41, 5.74) is 1.07. The van der Waals surface area contributed by atoms with Crippen LogP contribution >= 0.6 is 0 Å². The average Bonchev–Trinajstić information content (AvgIpc) is 2.34. The van der Waals surface area contributed by atoms with Gasteiger partial charge < -0.3 is 14.6 Å². The summed E-state index contributed by atoms with van der Waals surface area (Å²) in [5.74, 6) is 0.696. The second kappa shape index (κ2) is 7.14. The molecule has 0 aliphatic rings. The summed E-state index contributed by atoms with van der Waals surface area (Å²) in [6.07, 6.45) is 0. The van der Waals surface area contributed by atoms with E-state index in [4.69, 9.17) is 9.47 Å². The highest BCUT2D eigenvalue weighted by Gasteiger charge is 2.06. The molecule has 1 rings (SSSR count). The predicted molar refractivity (Wildman–Crippen MR) is 67.5 cm³/mol. The molecule has 0 atom stereocenters. The first-order valence-corrected chi connectivity index (χ1v) is 5.78.